The maximum Gasteiger partial charge on any atom is 0.245 e. The van der Waals surface area contributed by atoms with Crippen molar-refractivity contribution in [3.05, 3.63) is 6.20 Å². The summed E-state index contributed by atoms with van der Waals surface area (Å²) in [7, 11) is 1.87. The van der Waals surface area contributed by atoms with Gasteiger partial charge in [-0.05, 0) is 14.1 Å². The molecule has 1 heterocycles. The summed E-state index contributed by atoms with van der Waals surface area (Å²) in [5.74, 6) is -0.0106. The first kappa shape index (κ1) is 15.9. The molecule has 0 atom stereocenters. The molecule has 3 N–H and O–H groups in total. The van der Waals surface area contributed by atoms with Gasteiger partial charge in [0.15, 0.2) is 5.82 Å². The first-order valence-corrected chi connectivity index (χ1v) is 7.32. The molecule has 0 aliphatic rings. The van der Waals surface area contributed by atoms with Gasteiger partial charge in [-0.15, -0.1) is 0 Å². The first-order valence-electron chi connectivity index (χ1n) is 5.84. The summed E-state index contributed by atoms with van der Waals surface area (Å²) in [6.45, 7) is 1.86. The van der Waals surface area contributed by atoms with Crippen LogP contribution in [0.25, 0.3) is 0 Å². The van der Waals surface area contributed by atoms with Crippen LogP contribution in [0, 0.1) is 0 Å². The smallest absolute Gasteiger partial charge is 0.245 e. The van der Waals surface area contributed by atoms with Gasteiger partial charge in [-0.3, -0.25) is 4.68 Å². The van der Waals surface area contributed by atoms with Crippen molar-refractivity contribution >= 4 is 15.8 Å². The summed E-state index contributed by atoms with van der Waals surface area (Å²) in [4.78, 5) is 1.98. The number of anilines is 1. The summed E-state index contributed by atoms with van der Waals surface area (Å²) in [6, 6.07) is 0. The van der Waals surface area contributed by atoms with E-state index in [-0.39, 0.29) is 17.3 Å². The minimum absolute atomic E-state index is 0.0106. The van der Waals surface area contributed by atoms with Crippen LogP contribution in [-0.4, -0.2) is 63.5 Å². The number of ether oxygens (including phenoxy) is 1. The van der Waals surface area contributed by atoms with Crippen molar-refractivity contribution in [2.75, 3.05) is 46.1 Å². The maximum atomic E-state index is 11.9. The van der Waals surface area contributed by atoms with Crippen LogP contribution < -0.4 is 10.5 Å². The van der Waals surface area contributed by atoms with Crippen molar-refractivity contribution in [1.29, 1.82) is 0 Å². The Morgan fingerprint density at radius 3 is 2.68 bits per heavy atom. The number of hydrogen-bond donors (Lipinski definition) is 2. The fourth-order valence-electron chi connectivity index (χ4n) is 1.37. The Balaban J connectivity index is 2.38. The molecular weight excluding hydrogens is 270 g/mol. The second-order valence-corrected chi connectivity index (χ2v) is 6.10. The molecule has 0 bridgehead atoms. The lowest BCUT2D eigenvalue weighted by molar-refractivity contribution is 0.122. The van der Waals surface area contributed by atoms with E-state index < -0.39 is 10.0 Å². The maximum absolute atomic E-state index is 11.9. The number of aromatic nitrogens is 2. The Morgan fingerprint density at radius 2 is 2.16 bits per heavy atom. The average Bonchev–Trinajstić information content (AvgIpc) is 2.63. The highest BCUT2D eigenvalue weighted by atomic mass is 32.2. The number of nitrogens with two attached hydrogens (primary N) is 1. The second kappa shape index (κ2) is 6.85. The fraction of sp³-hybridized carbons (Fsp3) is 0.700. The highest BCUT2D eigenvalue weighted by Gasteiger charge is 2.19. The number of likely N-dealkylation sites (N-methyl/N-ethyl adjacent to an activating group) is 1. The van der Waals surface area contributed by atoms with Gasteiger partial charge < -0.3 is 15.4 Å². The van der Waals surface area contributed by atoms with Crippen LogP contribution in [0.1, 0.15) is 0 Å². The van der Waals surface area contributed by atoms with Crippen molar-refractivity contribution in [1.82, 2.24) is 19.4 Å². The lowest BCUT2D eigenvalue weighted by Gasteiger charge is -2.10. The van der Waals surface area contributed by atoms with E-state index in [1.165, 1.54) is 10.9 Å². The van der Waals surface area contributed by atoms with E-state index in [1.54, 1.807) is 7.05 Å². The Kier molecular flexibility index (Phi) is 5.73. The number of nitrogens with one attached hydrogen (secondary N) is 1. The van der Waals surface area contributed by atoms with Crippen LogP contribution in [-0.2, 0) is 21.8 Å². The van der Waals surface area contributed by atoms with Crippen molar-refractivity contribution in [3.8, 4) is 0 Å². The number of sulfonamides is 1. The van der Waals surface area contributed by atoms with Gasteiger partial charge in [0, 0.05) is 26.3 Å². The van der Waals surface area contributed by atoms with E-state index in [2.05, 4.69) is 9.82 Å². The minimum atomic E-state index is -3.62. The average molecular weight is 291 g/mol. The van der Waals surface area contributed by atoms with Crippen molar-refractivity contribution in [2.45, 2.75) is 4.90 Å². The second-order valence-electron chi connectivity index (χ2n) is 4.37. The number of rotatable bonds is 8. The fourth-order valence-corrected chi connectivity index (χ4v) is 2.48. The van der Waals surface area contributed by atoms with Crippen LogP contribution >= 0.6 is 0 Å². The van der Waals surface area contributed by atoms with Gasteiger partial charge in [-0.25, -0.2) is 13.1 Å². The van der Waals surface area contributed by atoms with E-state index in [1.807, 2.05) is 19.0 Å². The van der Waals surface area contributed by atoms with Gasteiger partial charge in [0.2, 0.25) is 10.0 Å². The Bertz CT molecular complexity index is 497. The largest absolute Gasteiger partial charge is 0.381 e. The molecule has 1 rings (SSSR count). The van der Waals surface area contributed by atoms with Crippen LogP contribution in [0.2, 0.25) is 0 Å². The summed E-state index contributed by atoms with van der Waals surface area (Å²) in [6.07, 6.45) is 1.37. The normalized spacial score (nSPS) is 12.2. The third-order valence-electron chi connectivity index (χ3n) is 2.33. The summed E-state index contributed by atoms with van der Waals surface area (Å²) in [5, 5.41) is 3.79. The van der Waals surface area contributed by atoms with Crippen molar-refractivity contribution < 1.29 is 13.2 Å². The predicted molar refractivity (Wildman–Crippen MR) is 72.2 cm³/mol. The van der Waals surface area contributed by atoms with Gasteiger partial charge in [0.1, 0.15) is 4.90 Å². The van der Waals surface area contributed by atoms with Crippen LogP contribution in [0.4, 0.5) is 5.82 Å². The van der Waals surface area contributed by atoms with E-state index >= 15 is 0 Å². The topological polar surface area (TPSA) is 102 Å². The van der Waals surface area contributed by atoms with E-state index in [9.17, 15) is 8.42 Å². The molecule has 0 aromatic carbocycles. The Labute approximate surface area is 113 Å². The third kappa shape index (κ3) is 5.15. The zero-order valence-corrected chi connectivity index (χ0v) is 12.3. The molecular formula is C10H21N5O3S. The molecule has 0 aliphatic heterocycles. The summed E-state index contributed by atoms with van der Waals surface area (Å²) < 4.78 is 32.9. The van der Waals surface area contributed by atoms with Crippen LogP contribution in [0.3, 0.4) is 0 Å². The van der Waals surface area contributed by atoms with Gasteiger partial charge in [0.25, 0.3) is 0 Å². The molecule has 110 valence electrons. The quantitative estimate of drug-likeness (QED) is 0.587. The molecule has 0 saturated heterocycles. The van der Waals surface area contributed by atoms with Gasteiger partial charge in [-0.2, -0.15) is 5.10 Å². The number of aryl methyl sites for hydroxylation is 1. The van der Waals surface area contributed by atoms with E-state index in [4.69, 9.17) is 10.5 Å². The zero-order chi connectivity index (χ0) is 14.5. The molecule has 1 aromatic heterocycles. The first-order chi connectivity index (χ1) is 8.83. The molecule has 0 amide bonds. The molecule has 0 aliphatic carbocycles. The standard InChI is InChI=1S/C10H21N5O3S/c1-14(2)5-7-18-6-4-12-19(16,17)9-8-15(3)13-10(9)11/h8,12H,4-7H2,1-3H3,(H2,11,13). The van der Waals surface area contributed by atoms with E-state index in [0.29, 0.717) is 13.2 Å². The minimum Gasteiger partial charge on any atom is -0.381 e. The Hall–Kier alpha value is -1.16. The van der Waals surface area contributed by atoms with Crippen LogP contribution in [0.15, 0.2) is 11.1 Å². The molecule has 0 unspecified atom stereocenters. The number of hydrogen-bond acceptors (Lipinski definition) is 6. The molecule has 19 heavy (non-hydrogen) atoms. The molecule has 8 nitrogen and oxygen atoms in total. The number of nitrogen functional groups attached to an aromatic ring is 1. The highest BCUT2D eigenvalue weighted by Crippen LogP contribution is 2.14. The molecule has 0 fully saturated rings. The van der Waals surface area contributed by atoms with Crippen molar-refractivity contribution in [3.63, 3.8) is 0 Å². The molecule has 0 spiro atoms. The highest BCUT2D eigenvalue weighted by molar-refractivity contribution is 7.89. The monoisotopic (exact) mass is 291 g/mol. The molecule has 0 radical (unpaired) electrons. The lowest BCUT2D eigenvalue weighted by atomic mass is 10.6. The van der Waals surface area contributed by atoms with Gasteiger partial charge in [0.05, 0.1) is 13.2 Å². The SMILES string of the molecule is CN(C)CCOCCNS(=O)(=O)c1cn(C)nc1N. The molecule has 0 saturated carbocycles. The summed E-state index contributed by atoms with van der Waals surface area (Å²) in [5.41, 5.74) is 5.52. The van der Waals surface area contributed by atoms with Gasteiger partial charge >= 0.3 is 0 Å². The predicted octanol–water partition coefficient (Wildman–Crippen LogP) is -1.14. The zero-order valence-electron chi connectivity index (χ0n) is 11.5. The lowest BCUT2D eigenvalue weighted by Crippen LogP contribution is -2.28. The number of nitrogens with zero attached hydrogens (tertiary/aromatic N) is 3. The van der Waals surface area contributed by atoms with E-state index in [0.717, 1.165) is 6.54 Å². The van der Waals surface area contributed by atoms with Crippen molar-refractivity contribution in [2.24, 2.45) is 7.05 Å². The van der Waals surface area contributed by atoms with Crippen LogP contribution in [0.5, 0.6) is 0 Å². The summed E-state index contributed by atoms with van der Waals surface area (Å²) >= 11 is 0. The molecule has 1 aromatic rings. The molecule has 9 heteroatoms. The third-order valence-corrected chi connectivity index (χ3v) is 3.81. The van der Waals surface area contributed by atoms with Gasteiger partial charge in [-0.1, -0.05) is 0 Å². The Morgan fingerprint density at radius 1 is 1.47 bits per heavy atom.